The number of hydrogen-bond acceptors (Lipinski definition) is 6. The van der Waals surface area contributed by atoms with E-state index in [9.17, 15) is 23.3 Å². The minimum Gasteiger partial charge on any atom is -0.495 e. The minimum absolute atomic E-state index is 0.0296. The zero-order valence-corrected chi connectivity index (χ0v) is 19.7. The summed E-state index contributed by atoms with van der Waals surface area (Å²) >= 11 is 0. The van der Waals surface area contributed by atoms with Gasteiger partial charge in [0.25, 0.3) is 5.56 Å². The fraction of sp³-hybridized carbons (Fsp3) is 0.409. The van der Waals surface area contributed by atoms with Crippen molar-refractivity contribution in [2.45, 2.75) is 45.4 Å². The molecular weight excluding hydrogens is 432 g/mol. The molecule has 1 aromatic heterocycles. The van der Waals surface area contributed by atoms with Crippen LogP contribution in [-0.2, 0) is 21.2 Å². The van der Waals surface area contributed by atoms with Gasteiger partial charge in [-0.3, -0.25) is 9.59 Å². The minimum atomic E-state index is -3.70. The summed E-state index contributed by atoms with van der Waals surface area (Å²) in [4.78, 5) is 27.2. The molecule has 2 aromatic rings. The van der Waals surface area contributed by atoms with Crippen LogP contribution in [0.4, 0.5) is 5.69 Å². The number of benzene rings is 1. The fourth-order valence-electron chi connectivity index (χ4n) is 3.53. The maximum atomic E-state index is 12.8. The number of hydrogen-bond donors (Lipinski definition) is 2. The molecule has 2 rings (SSSR count). The number of aryl methyl sites for hydroxylation is 1. The number of carbonyl (C=O) groups excluding carboxylic acids is 1. The lowest BCUT2D eigenvalue weighted by Gasteiger charge is -2.19. The molecule has 0 saturated heterocycles. The molecule has 0 aliphatic rings. The summed E-state index contributed by atoms with van der Waals surface area (Å²) < 4.78 is 32.2. The van der Waals surface area contributed by atoms with Crippen LogP contribution in [0.5, 0.6) is 5.75 Å². The van der Waals surface area contributed by atoms with Crippen LogP contribution in [0.15, 0.2) is 27.9 Å². The first-order valence-corrected chi connectivity index (χ1v) is 11.6. The molecule has 0 atom stereocenters. The zero-order valence-electron chi connectivity index (χ0n) is 18.9. The third-order valence-electron chi connectivity index (χ3n) is 5.31. The highest BCUT2D eigenvalue weighted by Crippen LogP contribution is 2.29. The number of rotatable bonds is 9. The standard InChI is InChI=1S/C22H28N4O5S/c1-6-26(7-2)32(29,30)16-8-10-20(31-5)19(12-16)25-21(27)11-9-17-14(3)18(13-23)22(28)24-15(17)4/h8,10,12H,6-7,9,11H2,1-5H3,(H,24,28)(H,25,27). The van der Waals surface area contributed by atoms with Crippen LogP contribution in [0, 0.1) is 25.2 Å². The first-order chi connectivity index (χ1) is 15.1. The van der Waals surface area contributed by atoms with E-state index in [1.165, 1.54) is 29.6 Å². The van der Waals surface area contributed by atoms with E-state index in [0.29, 0.717) is 36.5 Å². The van der Waals surface area contributed by atoms with E-state index >= 15 is 0 Å². The van der Waals surface area contributed by atoms with Gasteiger partial charge < -0.3 is 15.0 Å². The van der Waals surface area contributed by atoms with E-state index in [-0.39, 0.29) is 28.5 Å². The van der Waals surface area contributed by atoms with Crippen LogP contribution < -0.4 is 15.6 Å². The number of H-pyrrole nitrogens is 1. The number of nitrogens with one attached hydrogen (secondary N) is 2. The SMILES string of the molecule is CCN(CC)S(=O)(=O)c1ccc(OC)c(NC(=O)CCc2c(C)[nH]c(=O)c(C#N)c2C)c1. The van der Waals surface area contributed by atoms with Crippen LogP contribution in [0.25, 0.3) is 0 Å². The van der Waals surface area contributed by atoms with Crippen molar-refractivity contribution in [3.8, 4) is 11.8 Å². The number of aromatic nitrogens is 1. The average Bonchev–Trinajstić information content (AvgIpc) is 2.74. The van der Waals surface area contributed by atoms with Gasteiger partial charge in [-0.05, 0) is 49.6 Å². The number of anilines is 1. The van der Waals surface area contributed by atoms with Crippen molar-refractivity contribution < 1.29 is 17.9 Å². The van der Waals surface area contributed by atoms with E-state index in [1.807, 2.05) is 6.07 Å². The summed E-state index contributed by atoms with van der Waals surface area (Å²) in [6.07, 6.45) is 0.365. The van der Waals surface area contributed by atoms with Gasteiger partial charge in [-0.1, -0.05) is 13.8 Å². The Bertz CT molecular complexity index is 1210. The van der Waals surface area contributed by atoms with E-state index < -0.39 is 15.6 Å². The third kappa shape index (κ3) is 5.18. The fourth-order valence-corrected chi connectivity index (χ4v) is 5.01. The lowest BCUT2D eigenvalue weighted by molar-refractivity contribution is -0.116. The molecule has 0 saturated carbocycles. The zero-order chi connectivity index (χ0) is 24.1. The van der Waals surface area contributed by atoms with Gasteiger partial charge in [-0.15, -0.1) is 0 Å². The summed E-state index contributed by atoms with van der Waals surface area (Å²) in [7, 11) is -2.27. The highest BCUT2D eigenvalue weighted by Gasteiger charge is 2.23. The van der Waals surface area contributed by atoms with E-state index in [2.05, 4.69) is 10.3 Å². The molecule has 0 radical (unpaired) electrons. The molecule has 0 unspecified atom stereocenters. The quantitative estimate of drug-likeness (QED) is 0.591. The van der Waals surface area contributed by atoms with Crippen LogP contribution >= 0.6 is 0 Å². The number of ether oxygens (including phenoxy) is 1. The van der Waals surface area contributed by atoms with E-state index in [4.69, 9.17) is 4.74 Å². The molecule has 0 aliphatic carbocycles. The molecule has 1 amide bonds. The monoisotopic (exact) mass is 460 g/mol. The number of methoxy groups -OCH3 is 1. The first-order valence-electron chi connectivity index (χ1n) is 10.2. The van der Waals surface area contributed by atoms with Crippen molar-refractivity contribution in [3.63, 3.8) is 0 Å². The van der Waals surface area contributed by atoms with Gasteiger partial charge in [0.2, 0.25) is 15.9 Å². The Hall–Kier alpha value is -3.16. The third-order valence-corrected chi connectivity index (χ3v) is 7.36. The van der Waals surface area contributed by atoms with Crippen LogP contribution in [0.1, 0.15) is 42.7 Å². The Labute approximate surface area is 188 Å². The number of carbonyl (C=O) groups is 1. The molecule has 32 heavy (non-hydrogen) atoms. The summed E-state index contributed by atoms with van der Waals surface area (Å²) in [6, 6.07) is 6.22. The van der Waals surface area contributed by atoms with Crippen LogP contribution in [0.2, 0.25) is 0 Å². The maximum Gasteiger partial charge on any atom is 0.266 e. The molecule has 0 aliphatic heterocycles. The molecule has 0 fully saturated rings. The van der Waals surface area contributed by atoms with Crippen molar-refractivity contribution in [2.24, 2.45) is 0 Å². The van der Waals surface area contributed by atoms with Gasteiger partial charge in [0, 0.05) is 25.2 Å². The molecule has 172 valence electrons. The van der Waals surface area contributed by atoms with Gasteiger partial charge in [0.15, 0.2) is 0 Å². The Morgan fingerprint density at radius 2 is 1.91 bits per heavy atom. The average molecular weight is 461 g/mol. The van der Waals surface area contributed by atoms with Gasteiger partial charge in [-0.25, -0.2) is 8.42 Å². The Morgan fingerprint density at radius 3 is 2.47 bits per heavy atom. The molecule has 0 spiro atoms. The second-order valence-corrected chi connectivity index (χ2v) is 9.11. The largest absolute Gasteiger partial charge is 0.495 e. The van der Waals surface area contributed by atoms with Gasteiger partial charge in [0.1, 0.15) is 17.4 Å². The number of pyridine rings is 1. The summed E-state index contributed by atoms with van der Waals surface area (Å²) in [6.45, 7) is 7.56. The topological polar surface area (TPSA) is 132 Å². The van der Waals surface area contributed by atoms with E-state index in [0.717, 1.165) is 5.56 Å². The number of aromatic amines is 1. The van der Waals surface area contributed by atoms with Gasteiger partial charge in [0.05, 0.1) is 17.7 Å². The summed E-state index contributed by atoms with van der Waals surface area (Å²) in [5.74, 6) is -0.0239. The highest BCUT2D eigenvalue weighted by molar-refractivity contribution is 7.89. The van der Waals surface area contributed by atoms with Crippen molar-refractivity contribution in [2.75, 3.05) is 25.5 Å². The Kier molecular flexibility index (Phi) is 8.19. The molecule has 9 nitrogen and oxygen atoms in total. The van der Waals surface area contributed by atoms with Crippen LogP contribution in [-0.4, -0.2) is 43.8 Å². The number of sulfonamides is 1. The Balaban J connectivity index is 2.27. The van der Waals surface area contributed by atoms with Crippen molar-refractivity contribution in [1.82, 2.24) is 9.29 Å². The number of nitriles is 1. The van der Waals surface area contributed by atoms with Crippen molar-refractivity contribution in [1.29, 1.82) is 5.26 Å². The second kappa shape index (κ2) is 10.4. The molecule has 10 heteroatoms. The molecule has 0 bridgehead atoms. The van der Waals surface area contributed by atoms with Gasteiger partial charge >= 0.3 is 0 Å². The van der Waals surface area contributed by atoms with Crippen LogP contribution in [0.3, 0.4) is 0 Å². The number of nitrogens with zero attached hydrogens (tertiary/aromatic N) is 2. The highest BCUT2D eigenvalue weighted by atomic mass is 32.2. The maximum absolute atomic E-state index is 12.8. The Morgan fingerprint density at radius 1 is 1.25 bits per heavy atom. The molecule has 1 aromatic carbocycles. The normalized spacial score (nSPS) is 11.3. The predicted octanol–water partition coefficient (Wildman–Crippen LogP) is 2.47. The number of amides is 1. The second-order valence-electron chi connectivity index (χ2n) is 7.17. The van der Waals surface area contributed by atoms with Gasteiger partial charge in [-0.2, -0.15) is 9.57 Å². The summed E-state index contributed by atoms with van der Waals surface area (Å²) in [5.41, 5.74) is 1.70. The molecule has 1 heterocycles. The smallest absolute Gasteiger partial charge is 0.266 e. The first kappa shape index (κ1) is 25.1. The van der Waals surface area contributed by atoms with Crippen molar-refractivity contribution in [3.05, 3.63) is 50.9 Å². The van der Waals surface area contributed by atoms with E-state index in [1.54, 1.807) is 27.7 Å². The van der Waals surface area contributed by atoms with Crippen molar-refractivity contribution >= 4 is 21.6 Å². The lowest BCUT2D eigenvalue weighted by atomic mass is 9.99. The predicted molar refractivity (Wildman–Crippen MR) is 121 cm³/mol. The summed E-state index contributed by atoms with van der Waals surface area (Å²) in [5, 5.41) is 11.9. The lowest BCUT2D eigenvalue weighted by Crippen LogP contribution is -2.30. The molecule has 2 N–H and O–H groups in total. The molecular formula is C22H28N4O5S.